The summed E-state index contributed by atoms with van der Waals surface area (Å²) in [5.74, 6) is -1.52. The highest BCUT2D eigenvalue weighted by Gasteiger charge is 2.25. The number of carboxylic acid groups (broad SMARTS) is 1. The van der Waals surface area contributed by atoms with E-state index < -0.39 is 11.8 Å². The van der Waals surface area contributed by atoms with Crippen LogP contribution in [0.15, 0.2) is 24.3 Å². The van der Waals surface area contributed by atoms with Gasteiger partial charge in [-0.2, -0.15) is 4.80 Å². The molecule has 3 heterocycles. The quantitative estimate of drug-likeness (QED) is 0.625. The molecule has 1 fully saturated rings. The molecular weight excluding hydrogens is 403 g/mol. The summed E-state index contributed by atoms with van der Waals surface area (Å²) in [4.78, 5) is 27.8. The lowest BCUT2D eigenvalue weighted by atomic mass is 10.2. The number of benzene rings is 1. The van der Waals surface area contributed by atoms with Gasteiger partial charge in [-0.15, -0.1) is 20.4 Å². The second-order valence-electron chi connectivity index (χ2n) is 6.22. The van der Waals surface area contributed by atoms with E-state index in [9.17, 15) is 14.0 Å². The van der Waals surface area contributed by atoms with Crippen LogP contribution in [0.3, 0.4) is 0 Å². The maximum Gasteiger partial charge on any atom is 0.327 e. The van der Waals surface area contributed by atoms with Crippen LogP contribution in [-0.4, -0.2) is 78.5 Å². The molecule has 1 amide bonds. The Kier molecular flexibility index (Phi) is 5.12. The number of hydrogen-bond donors (Lipinski definition) is 1. The third-order valence-corrected chi connectivity index (χ3v) is 5.22. The van der Waals surface area contributed by atoms with Crippen LogP contribution in [0.1, 0.15) is 10.4 Å². The van der Waals surface area contributed by atoms with Gasteiger partial charge in [0.25, 0.3) is 5.91 Å². The average Bonchev–Trinajstić information content (AvgIpc) is 3.37. The van der Waals surface area contributed by atoms with Crippen LogP contribution in [0.2, 0.25) is 0 Å². The fourth-order valence-corrected chi connectivity index (χ4v) is 3.68. The van der Waals surface area contributed by atoms with E-state index in [1.54, 1.807) is 11.0 Å². The summed E-state index contributed by atoms with van der Waals surface area (Å²) in [5.41, 5.74) is 0.326. The molecule has 0 aliphatic carbocycles. The van der Waals surface area contributed by atoms with Crippen LogP contribution in [0, 0.1) is 5.82 Å². The predicted molar refractivity (Wildman–Crippen MR) is 98.9 cm³/mol. The van der Waals surface area contributed by atoms with Gasteiger partial charge in [0.2, 0.25) is 11.0 Å². The Morgan fingerprint density at radius 2 is 1.93 bits per heavy atom. The molecule has 0 saturated carbocycles. The van der Waals surface area contributed by atoms with E-state index >= 15 is 0 Å². The molecule has 29 heavy (non-hydrogen) atoms. The fraction of sp³-hybridized carbons (Fsp3) is 0.312. The first-order chi connectivity index (χ1) is 14.0. The van der Waals surface area contributed by atoms with Gasteiger partial charge < -0.3 is 14.9 Å². The zero-order chi connectivity index (χ0) is 20.4. The average molecular weight is 418 g/mol. The summed E-state index contributed by atoms with van der Waals surface area (Å²) < 4.78 is 13.3. The molecule has 1 aliphatic rings. The molecule has 1 saturated heterocycles. The van der Waals surface area contributed by atoms with Gasteiger partial charge in [0, 0.05) is 31.7 Å². The Balaban J connectivity index is 1.38. The largest absolute Gasteiger partial charge is 0.480 e. The van der Waals surface area contributed by atoms with Crippen LogP contribution in [-0.2, 0) is 11.3 Å². The lowest BCUT2D eigenvalue weighted by molar-refractivity contribution is -0.138. The highest BCUT2D eigenvalue weighted by atomic mass is 32.1. The Morgan fingerprint density at radius 3 is 2.66 bits per heavy atom. The molecule has 1 aromatic carbocycles. The lowest BCUT2D eigenvalue weighted by Gasteiger charge is -2.34. The van der Waals surface area contributed by atoms with Crippen molar-refractivity contribution in [2.24, 2.45) is 0 Å². The number of halogens is 1. The number of amides is 1. The van der Waals surface area contributed by atoms with Crippen molar-refractivity contribution in [3.8, 4) is 10.8 Å². The summed E-state index contributed by atoms with van der Waals surface area (Å²) in [6, 6.07) is 5.65. The SMILES string of the molecule is O=C(O)Cn1nnc(-c2nnc(N3CCN(C(=O)c4cccc(F)c4)CC3)s2)n1. The summed E-state index contributed by atoms with van der Waals surface area (Å²) in [7, 11) is 0. The Bertz CT molecular complexity index is 1050. The molecule has 4 rings (SSSR count). The number of aromatic nitrogens is 6. The second kappa shape index (κ2) is 7.87. The molecule has 3 aromatic rings. The molecule has 0 atom stereocenters. The number of hydrogen-bond acceptors (Lipinski definition) is 9. The van der Waals surface area contributed by atoms with Gasteiger partial charge in [0.05, 0.1) is 0 Å². The summed E-state index contributed by atoms with van der Waals surface area (Å²) in [6.07, 6.45) is 0. The topological polar surface area (TPSA) is 130 Å². The van der Waals surface area contributed by atoms with E-state index in [1.807, 2.05) is 4.90 Å². The van der Waals surface area contributed by atoms with Crippen molar-refractivity contribution in [3.05, 3.63) is 35.6 Å². The van der Waals surface area contributed by atoms with Crippen LogP contribution >= 0.6 is 11.3 Å². The van der Waals surface area contributed by atoms with E-state index in [4.69, 9.17) is 5.11 Å². The highest BCUT2D eigenvalue weighted by molar-refractivity contribution is 7.18. The van der Waals surface area contributed by atoms with Gasteiger partial charge in [0.15, 0.2) is 11.6 Å². The molecule has 1 N–H and O–H groups in total. The molecule has 150 valence electrons. The molecule has 13 heteroatoms. The van der Waals surface area contributed by atoms with Crippen LogP contribution in [0.5, 0.6) is 0 Å². The number of carbonyl (C=O) groups is 2. The van der Waals surface area contributed by atoms with Gasteiger partial charge in [-0.3, -0.25) is 9.59 Å². The van der Waals surface area contributed by atoms with Crippen LogP contribution < -0.4 is 4.90 Å². The normalized spacial score (nSPS) is 14.2. The highest BCUT2D eigenvalue weighted by Crippen LogP contribution is 2.27. The number of aliphatic carboxylic acids is 1. The minimum Gasteiger partial charge on any atom is -0.480 e. The first-order valence-electron chi connectivity index (χ1n) is 8.63. The number of piperazine rings is 1. The van der Waals surface area contributed by atoms with Crippen LogP contribution in [0.25, 0.3) is 10.8 Å². The summed E-state index contributed by atoms with van der Waals surface area (Å²) >= 11 is 1.26. The van der Waals surface area contributed by atoms with Crippen LogP contribution in [0.4, 0.5) is 9.52 Å². The third kappa shape index (κ3) is 4.18. The number of carboxylic acids is 1. The maximum absolute atomic E-state index is 13.3. The summed E-state index contributed by atoms with van der Waals surface area (Å²) in [6.45, 7) is 1.65. The lowest BCUT2D eigenvalue weighted by Crippen LogP contribution is -2.48. The van der Waals surface area contributed by atoms with Crippen molar-refractivity contribution in [2.75, 3.05) is 31.1 Å². The van der Waals surface area contributed by atoms with Crippen molar-refractivity contribution in [2.45, 2.75) is 6.54 Å². The fourth-order valence-electron chi connectivity index (χ4n) is 2.86. The van der Waals surface area contributed by atoms with Gasteiger partial charge in [-0.05, 0) is 23.4 Å². The smallest absolute Gasteiger partial charge is 0.327 e. The Morgan fingerprint density at radius 1 is 1.14 bits per heavy atom. The molecule has 0 bridgehead atoms. The van der Waals surface area contributed by atoms with Crippen molar-refractivity contribution < 1.29 is 19.1 Å². The minimum atomic E-state index is -1.07. The molecule has 0 spiro atoms. The number of rotatable bonds is 5. The Labute approximate surface area is 167 Å². The predicted octanol–water partition coefficient (Wildman–Crippen LogP) is 0.378. The number of tetrazole rings is 1. The molecule has 0 radical (unpaired) electrons. The first kappa shape index (κ1) is 18.9. The molecule has 2 aromatic heterocycles. The van der Waals surface area contributed by atoms with E-state index in [0.717, 1.165) is 4.80 Å². The minimum absolute atomic E-state index is 0.204. The standard InChI is InChI=1S/C16H15FN8O3S/c17-11-3-1-2-10(8-11)15(28)23-4-6-24(7-5-23)16-20-19-14(29-16)13-18-22-25(21-13)9-12(26)27/h1-3,8H,4-7,9H2,(H,26,27). The zero-order valence-corrected chi connectivity index (χ0v) is 15.8. The number of nitrogens with zero attached hydrogens (tertiary/aromatic N) is 8. The molecule has 0 unspecified atom stereocenters. The van der Waals surface area contributed by atoms with E-state index in [1.165, 1.54) is 29.5 Å². The van der Waals surface area contributed by atoms with E-state index in [0.29, 0.717) is 41.9 Å². The van der Waals surface area contributed by atoms with Crippen molar-refractivity contribution >= 4 is 28.3 Å². The van der Waals surface area contributed by atoms with Gasteiger partial charge >= 0.3 is 5.97 Å². The number of carbonyl (C=O) groups excluding carboxylic acids is 1. The van der Waals surface area contributed by atoms with Crippen molar-refractivity contribution in [1.29, 1.82) is 0 Å². The summed E-state index contributed by atoms with van der Waals surface area (Å²) in [5, 5.41) is 29.5. The van der Waals surface area contributed by atoms with E-state index in [-0.39, 0.29) is 18.3 Å². The maximum atomic E-state index is 13.3. The number of anilines is 1. The Hall–Kier alpha value is -3.48. The van der Waals surface area contributed by atoms with E-state index in [2.05, 4.69) is 25.6 Å². The van der Waals surface area contributed by atoms with Crippen molar-refractivity contribution in [3.63, 3.8) is 0 Å². The monoisotopic (exact) mass is 418 g/mol. The second-order valence-corrected chi connectivity index (χ2v) is 7.17. The first-order valence-corrected chi connectivity index (χ1v) is 9.44. The molecule has 11 nitrogen and oxygen atoms in total. The zero-order valence-electron chi connectivity index (χ0n) is 15.0. The van der Waals surface area contributed by atoms with Gasteiger partial charge in [0.1, 0.15) is 5.82 Å². The third-order valence-electron chi connectivity index (χ3n) is 4.24. The molecular formula is C16H15FN8O3S. The van der Waals surface area contributed by atoms with Gasteiger partial charge in [-0.25, -0.2) is 4.39 Å². The van der Waals surface area contributed by atoms with Gasteiger partial charge in [-0.1, -0.05) is 17.4 Å². The van der Waals surface area contributed by atoms with Crippen molar-refractivity contribution in [1.82, 2.24) is 35.3 Å². The molecule has 1 aliphatic heterocycles.